The van der Waals surface area contributed by atoms with Crippen LogP contribution in [-0.2, 0) is 10.0 Å². The van der Waals surface area contributed by atoms with Crippen LogP contribution < -0.4 is 9.62 Å². The molecular weight excluding hydrogens is 336 g/mol. The van der Waals surface area contributed by atoms with Crippen LogP contribution in [-0.4, -0.2) is 51.0 Å². The number of aryl methyl sites for hydroxylation is 1. The molecule has 0 spiro atoms. The van der Waals surface area contributed by atoms with Gasteiger partial charge < -0.3 is 9.80 Å². The summed E-state index contributed by atoms with van der Waals surface area (Å²) in [7, 11) is -3.63. The van der Waals surface area contributed by atoms with Crippen molar-refractivity contribution in [1.29, 1.82) is 0 Å². The van der Waals surface area contributed by atoms with Gasteiger partial charge in [0, 0.05) is 26.2 Å². The molecule has 1 fully saturated rings. The first-order valence-corrected chi connectivity index (χ1v) is 10.00. The van der Waals surface area contributed by atoms with Crippen LogP contribution in [0.15, 0.2) is 47.5 Å². The number of aromatic nitrogens is 1. The third kappa shape index (κ3) is 4.11. The minimum absolute atomic E-state index is 0.275. The molecule has 0 aliphatic carbocycles. The van der Waals surface area contributed by atoms with Gasteiger partial charge in [-0.25, -0.2) is 13.4 Å². The lowest BCUT2D eigenvalue weighted by molar-refractivity contribution is 0.271. The number of pyridine rings is 1. The molecule has 1 N–H and O–H groups in total. The summed E-state index contributed by atoms with van der Waals surface area (Å²) in [5.74, 6) is 0.333. The average Bonchev–Trinajstić information content (AvgIpc) is 2.62. The summed E-state index contributed by atoms with van der Waals surface area (Å²) in [5.41, 5.74) is 1.73. The number of likely N-dealkylation sites (N-methyl/N-ethyl adjacent to an activating group) is 1. The fraction of sp³-hybridized carbons (Fsp3) is 0.389. The van der Waals surface area contributed by atoms with Crippen molar-refractivity contribution in [3.8, 4) is 0 Å². The summed E-state index contributed by atoms with van der Waals surface area (Å²) < 4.78 is 27.6. The third-order valence-corrected chi connectivity index (χ3v) is 6.07. The smallest absolute Gasteiger partial charge is 0.263 e. The van der Waals surface area contributed by atoms with Gasteiger partial charge in [0.1, 0.15) is 5.82 Å². The topological polar surface area (TPSA) is 65.5 Å². The van der Waals surface area contributed by atoms with E-state index in [1.54, 1.807) is 37.4 Å². The van der Waals surface area contributed by atoms with E-state index in [-0.39, 0.29) is 4.90 Å². The summed E-state index contributed by atoms with van der Waals surface area (Å²) >= 11 is 0. The molecule has 0 amide bonds. The normalized spacial score (nSPS) is 16.0. The van der Waals surface area contributed by atoms with Crippen molar-refractivity contribution in [1.82, 2.24) is 9.88 Å². The summed E-state index contributed by atoms with van der Waals surface area (Å²) in [6.07, 6.45) is 1.73. The zero-order chi connectivity index (χ0) is 17.9. The zero-order valence-electron chi connectivity index (χ0n) is 14.6. The van der Waals surface area contributed by atoms with Gasteiger partial charge in [-0.2, -0.15) is 0 Å². The average molecular weight is 360 g/mol. The molecule has 0 unspecified atom stereocenters. The Labute approximate surface area is 149 Å². The predicted octanol–water partition coefficient (Wildman–Crippen LogP) is 2.33. The van der Waals surface area contributed by atoms with Gasteiger partial charge in [-0.3, -0.25) is 4.72 Å². The number of hydrogen-bond acceptors (Lipinski definition) is 5. The number of nitrogens with one attached hydrogen (secondary N) is 1. The highest BCUT2D eigenvalue weighted by Gasteiger charge is 2.18. The first-order chi connectivity index (χ1) is 12.0. The molecule has 134 valence electrons. The van der Waals surface area contributed by atoms with Gasteiger partial charge >= 0.3 is 0 Å². The maximum Gasteiger partial charge on any atom is 0.263 e. The summed E-state index contributed by atoms with van der Waals surface area (Å²) in [4.78, 5) is 9.25. The molecule has 0 atom stereocenters. The van der Waals surface area contributed by atoms with Gasteiger partial charge in [-0.05, 0) is 37.2 Å². The maximum atomic E-state index is 12.5. The molecule has 6 nitrogen and oxygen atoms in total. The Morgan fingerprint density at radius 1 is 1.08 bits per heavy atom. The molecule has 1 aromatic carbocycles. The number of nitrogens with zero attached hydrogens (tertiary/aromatic N) is 3. The van der Waals surface area contributed by atoms with Gasteiger partial charge in [-0.1, -0.05) is 25.1 Å². The monoisotopic (exact) mass is 360 g/mol. The molecule has 0 bridgehead atoms. The van der Waals surface area contributed by atoms with Crippen LogP contribution in [0.1, 0.15) is 12.5 Å². The van der Waals surface area contributed by atoms with E-state index in [1.165, 1.54) is 0 Å². The van der Waals surface area contributed by atoms with Crippen molar-refractivity contribution < 1.29 is 8.42 Å². The van der Waals surface area contributed by atoms with Crippen LogP contribution in [0.25, 0.3) is 0 Å². The zero-order valence-corrected chi connectivity index (χ0v) is 15.5. The minimum atomic E-state index is -3.63. The molecule has 1 aliphatic rings. The first kappa shape index (κ1) is 17.7. The molecule has 1 saturated heterocycles. The Morgan fingerprint density at radius 3 is 2.40 bits per heavy atom. The quantitative estimate of drug-likeness (QED) is 0.886. The molecule has 0 radical (unpaired) electrons. The fourth-order valence-corrected chi connectivity index (χ4v) is 4.26. The van der Waals surface area contributed by atoms with Gasteiger partial charge in [0.15, 0.2) is 0 Å². The number of rotatable bonds is 5. The van der Waals surface area contributed by atoms with Gasteiger partial charge in [0.2, 0.25) is 0 Å². The van der Waals surface area contributed by atoms with E-state index in [0.29, 0.717) is 11.4 Å². The number of hydrogen-bond donors (Lipinski definition) is 1. The molecule has 25 heavy (non-hydrogen) atoms. The highest BCUT2D eigenvalue weighted by molar-refractivity contribution is 7.92. The summed E-state index contributed by atoms with van der Waals surface area (Å²) in [6.45, 7) is 9.03. The van der Waals surface area contributed by atoms with Gasteiger partial charge in [0.25, 0.3) is 10.0 Å². The summed E-state index contributed by atoms with van der Waals surface area (Å²) in [5, 5.41) is 0. The van der Waals surface area contributed by atoms with E-state index in [1.807, 2.05) is 12.1 Å². The number of anilines is 2. The van der Waals surface area contributed by atoms with Crippen LogP contribution in [0, 0.1) is 6.92 Å². The Morgan fingerprint density at radius 2 is 1.80 bits per heavy atom. The van der Waals surface area contributed by atoms with Crippen LogP contribution in [0.3, 0.4) is 0 Å². The van der Waals surface area contributed by atoms with E-state index in [2.05, 4.69) is 26.4 Å². The second-order valence-corrected chi connectivity index (χ2v) is 7.84. The molecule has 2 aromatic rings. The number of benzene rings is 1. The molecule has 0 saturated carbocycles. The van der Waals surface area contributed by atoms with E-state index in [0.717, 1.165) is 38.4 Å². The van der Waals surface area contributed by atoms with Crippen LogP contribution in [0.5, 0.6) is 0 Å². The Bertz CT molecular complexity index is 813. The molecular formula is C18H24N4O2S. The lowest BCUT2D eigenvalue weighted by atomic mass is 10.2. The Kier molecular flexibility index (Phi) is 5.24. The van der Waals surface area contributed by atoms with E-state index in [4.69, 9.17) is 0 Å². The van der Waals surface area contributed by atoms with Crippen LogP contribution >= 0.6 is 0 Å². The predicted molar refractivity (Wildman–Crippen MR) is 101 cm³/mol. The van der Waals surface area contributed by atoms with Crippen molar-refractivity contribution in [3.63, 3.8) is 0 Å². The van der Waals surface area contributed by atoms with Crippen molar-refractivity contribution in [2.24, 2.45) is 0 Å². The van der Waals surface area contributed by atoms with Crippen LogP contribution in [0.2, 0.25) is 0 Å². The number of sulfonamides is 1. The largest absolute Gasteiger partial charge is 0.368 e. The lowest BCUT2D eigenvalue weighted by Gasteiger charge is -2.35. The standard InChI is InChI=1S/C18H24N4O2S/c1-3-21-10-12-22(13-11-21)16-8-9-18(19-14-16)20-25(23,24)17-7-5-4-6-15(17)2/h4-9,14H,3,10-13H2,1-2H3,(H,19,20). The van der Waals surface area contributed by atoms with E-state index < -0.39 is 10.0 Å². The van der Waals surface area contributed by atoms with Crippen LogP contribution in [0.4, 0.5) is 11.5 Å². The highest BCUT2D eigenvalue weighted by Crippen LogP contribution is 2.20. The SMILES string of the molecule is CCN1CCN(c2ccc(NS(=O)(=O)c3ccccc3C)nc2)CC1. The fourth-order valence-electron chi connectivity index (χ4n) is 3.01. The number of piperazine rings is 1. The van der Waals surface area contributed by atoms with E-state index >= 15 is 0 Å². The van der Waals surface area contributed by atoms with E-state index in [9.17, 15) is 8.42 Å². The minimum Gasteiger partial charge on any atom is -0.368 e. The van der Waals surface area contributed by atoms with Crippen molar-refractivity contribution >= 4 is 21.5 Å². The van der Waals surface area contributed by atoms with Gasteiger partial charge in [0.05, 0.1) is 16.8 Å². The highest BCUT2D eigenvalue weighted by atomic mass is 32.2. The first-order valence-electron chi connectivity index (χ1n) is 8.51. The lowest BCUT2D eigenvalue weighted by Crippen LogP contribution is -2.46. The molecule has 3 rings (SSSR count). The third-order valence-electron chi connectivity index (χ3n) is 4.55. The van der Waals surface area contributed by atoms with Gasteiger partial charge in [-0.15, -0.1) is 0 Å². The van der Waals surface area contributed by atoms with Crippen molar-refractivity contribution in [2.45, 2.75) is 18.7 Å². The molecule has 1 aromatic heterocycles. The molecule has 2 heterocycles. The summed E-state index contributed by atoms with van der Waals surface area (Å²) in [6, 6.07) is 10.6. The Balaban J connectivity index is 1.70. The maximum absolute atomic E-state index is 12.5. The molecule has 7 heteroatoms. The Hall–Kier alpha value is -2.12. The second kappa shape index (κ2) is 7.41. The molecule has 1 aliphatic heterocycles. The van der Waals surface area contributed by atoms with Crippen molar-refractivity contribution in [2.75, 3.05) is 42.3 Å². The second-order valence-electron chi connectivity index (χ2n) is 6.19. The van der Waals surface area contributed by atoms with Crippen molar-refractivity contribution in [3.05, 3.63) is 48.2 Å².